The van der Waals surface area contributed by atoms with Crippen LogP contribution in [-0.2, 0) is 29.2 Å². The van der Waals surface area contributed by atoms with Crippen LogP contribution in [0.5, 0.6) is 5.75 Å². The Balaban J connectivity index is 1.76. The maximum Gasteiger partial charge on any atom is 0.417 e. The molecule has 3 aromatic carbocycles. The molecule has 0 amide bonds. The number of ether oxygens (including phenoxy) is 1. The Morgan fingerprint density at radius 2 is 1.75 bits per heavy atom. The van der Waals surface area contributed by atoms with Gasteiger partial charge in [-0.1, -0.05) is 42.8 Å². The Morgan fingerprint density at radius 3 is 2.35 bits per heavy atom. The Kier molecular flexibility index (Phi) is 10.6. The molecular formula is C28H29ClF5NO4S. The van der Waals surface area contributed by atoms with Gasteiger partial charge in [0.15, 0.2) is 9.84 Å². The van der Waals surface area contributed by atoms with E-state index in [1.54, 1.807) is 12.1 Å². The number of alkyl halides is 3. The lowest BCUT2D eigenvalue weighted by atomic mass is 10.00. The molecule has 0 saturated carbocycles. The summed E-state index contributed by atoms with van der Waals surface area (Å²) in [4.78, 5) is 1.51. The SMILES string of the molecule is CC(CN(CCCOc1cc(F)c(CO)c(S(C)(=O)=O)c1)Cc1cccc(C(F)(F)F)c1Cl)c1ccc(F)cc1. The largest absolute Gasteiger partial charge is 0.493 e. The topological polar surface area (TPSA) is 66.8 Å². The quantitative estimate of drug-likeness (QED) is 0.186. The zero-order valence-electron chi connectivity index (χ0n) is 21.8. The second-order valence-electron chi connectivity index (χ2n) is 9.48. The van der Waals surface area contributed by atoms with Crippen molar-refractivity contribution in [1.29, 1.82) is 0 Å². The summed E-state index contributed by atoms with van der Waals surface area (Å²) in [5, 5.41) is 8.97. The number of hydrogen-bond donors (Lipinski definition) is 1. The van der Waals surface area contributed by atoms with Gasteiger partial charge in [0.25, 0.3) is 0 Å². The van der Waals surface area contributed by atoms with Crippen LogP contribution in [0.3, 0.4) is 0 Å². The van der Waals surface area contributed by atoms with Crippen molar-refractivity contribution in [3.8, 4) is 5.75 Å². The van der Waals surface area contributed by atoms with Crippen LogP contribution in [0, 0.1) is 11.6 Å². The van der Waals surface area contributed by atoms with Gasteiger partial charge in [-0.3, -0.25) is 4.90 Å². The molecule has 0 saturated heterocycles. The summed E-state index contributed by atoms with van der Waals surface area (Å²) in [6.07, 6.45) is -3.37. The maximum absolute atomic E-state index is 14.4. The van der Waals surface area contributed by atoms with Crippen molar-refractivity contribution in [1.82, 2.24) is 4.90 Å². The van der Waals surface area contributed by atoms with Crippen LogP contribution >= 0.6 is 11.6 Å². The third-order valence-electron chi connectivity index (χ3n) is 6.32. The van der Waals surface area contributed by atoms with Crippen LogP contribution in [0.1, 0.15) is 41.5 Å². The lowest BCUT2D eigenvalue weighted by Gasteiger charge is -2.27. The number of aliphatic hydroxyl groups excluding tert-OH is 1. The number of nitrogens with zero attached hydrogens (tertiary/aromatic N) is 1. The third-order valence-corrected chi connectivity index (χ3v) is 7.93. The second kappa shape index (κ2) is 13.3. The van der Waals surface area contributed by atoms with E-state index in [0.717, 1.165) is 30.0 Å². The maximum atomic E-state index is 14.4. The monoisotopic (exact) mass is 605 g/mol. The number of halogens is 6. The fraction of sp³-hybridized carbons (Fsp3) is 0.357. The molecule has 0 aliphatic rings. The molecule has 40 heavy (non-hydrogen) atoms. The molecule has 0 heterocycles. The first-order valence-electron chi connectivity index (χ1n) is 12.3. The lowest BCUT2D eigenvalue weighted by molar-refractivity contribution is -0.137. The zero-order chi connectivity index (χ0) is 29.7. The predicted octanol–water partition coefficient (Wildman–Crippen LogP) is 6.61. The van der Waals surface area contributed by atoms with Crippen LogP contribution in [0.4, 0.5) is 22.0 Å². The van der Waals surface area contributed by atoms with E-state index in [1.165, 1.54) is 24.3 Å². The molecule has 218 valence electrons. The normalized spacial score (nSPS) is 13.1. The Hall–Kier alpha value is -2.73. The molecule has 0 fully saturated rings. The minimum atomic E-state index is -4.61. The first kappa shape index (κ1) is 31.8. The first-order chi connectivity index (χ1) is 18.7. The molecule has 5 nitrogen and oxygen atoms in total. The minimum Gasteiger partial charge on any atom is -0.493 e. The molecule has 0 aliphatic carbocycles. The van der Waals surface area contributed by atoms with E-state index in [4.69, 9.17) is 16.3 Å². The number of rotatable bonds is 12. The van der Waals surface area contributed by atoms with Gasteiger partial charge in [-0.25, -0.2) is 17.2 Å². The summed E-state index contributed by atoms with van der Waals surface area (Å²) in [6, 6.07) is 11.8. The molecule has 12 heteroatoms. The van der Waals surface area contributed by atoms with Gasteiger partial charge < -0.3 is 9.84 Å². The standard InChI is InChI=1S/C28H29ClF5NO4S/c1-18(19-7-9-21(30)10-8-19)15-35(16-20-5-3-6-24(27(20)29)28(32,33)34)11-4-12-39-22-13-25(31)23(17-36)26(14-22)40(2,37)38/h3,5-10,13-14,18,36H,4,11-12,15-17H2,1-2H3. The summed E-state index contributed by atoms with van der Waals surface area (Å²) >= 11 is 6.13. The molecule has 1 N–H and O–H groups in total. The van der Waals surface area contributed by atoms with Gasteiger partial charge in [0.05, 0.1) is 28.7 Å². The highest BCUT2D eigenvalue weighted by Gasteiger charge is 2.34. The summed E-state index contributed by atoms with van der Waals surface area (Å²) in [5.74, 6) is -1.46. The van der Waals surface area contributed by atoms with Crippen molar-refractivity contribution >= 4 is 21.4 Å². The van der Waals surface area contributed by atoms with Gasteiger partial charge in [0, 0.05) is 37.5 Å². The van der Waals surface area contributed by atoms with E-state index in [9.17, 15) is 35.5 Å². The van der Waals surface area contributed by atoms with Gasteiger partial charge >= 0.3 is 6.18 Å². The molecule has 1 unspecified atom stereocenters. The van der Waals surface area contributed by atoms with Gasteiger partial charge in [-0.05, 0) is 47.7 Å². The molecule has 3 rings (SSSR count). The second-order valence-corrected chi connectivity index (χ2v) is 11.8. The number of benzene rings is 3. The number of hydrogen-bond acceptors (Lipinski definition) is 5. The van der Waals surface area contributed by atoms with E-state index < -0.39 is 39.0 Å². The average Bonchev–Trinajstić information content (AvgIpc) is 2.86. The number of aliphatic hydroxyl groups is 1. The Morgan fingerprint density at radius 1 is 1.07 bits per heavy atom. The molecule has 0 bridgehead atoms. The van der Waals surface area contributed by atoms with Crippen molar-refractivity contribution in [2.75, 3.05) is 26.0 Å². The predicted molar refractivity (Wildman–Crippen MR) is 142 cm³/mol. The summed E-state index contributed by atoms with van der Waals surface area (Å²) in [5.41, 5.74) is -0.168. The van der Waals surface area contributed by atoms with Gasteiger partial charge in [0.2, 0.25) is 0 Å². The first-order valence-corrected chi connectivity index (χ1v) is 14.6. The van der Waals surface area contributed by atoms with E-state index >= 15 is 0 Å². The highest BCUT2D eigenvalue weighted by atomic mass is 35.5. The van der Waals surface area contributed by atoms with Gasteiger partial charge in [0.1, 0.15) is 17.4 Å². The molecular weight excluding hydrogens is 577 g/mol. The molecule has 0 spiro atoms. The van der Waals surface area contributed by atoms with Crippen molar-refractivity contribution in [2.45, 2.75) is 43.5 Å². The minimum absolute atomic E-state index is 0.0396. The van der Waals surface area contributed by atoms with E-state index in [1.807, 2.05) is 11.8 Å². The van der Waals surface area contributed by atoms with Crippen molar-refractivity contribution in [3.63, 3.8) is 0 Å². The Bertz CT molecular complexity index is 1420. The fourth-order valence-electron chi connectivity index (χ4n) is 4.31. The average molecular weight is 606 g/mol. The van der Waals surface area contributed by atoms with Crippen molar-refractivity contribution < 1.29 is 40.2 Å². The van der Waals surface area contributed by atoms with Crippen LogP contribution in [0.25, 0.3) is 0 Å². The molecule has 0 aliphatic heterocycles. The van der Waals surface area contributed by atoms with E-state index in [0.29, 0.717) is 19.5 Å². The van der Waals surface area contributed by atoms with Crippen molar-refractivity contribution in [2.24, 2.45) is 0 Å². The van der Waals surface area contributed by atoms with Gasteiger partial charge in [-0.15, -0.1) is 0 Å². The summed E-state index contributed by atoms with van der Waals surface area (Å²) < 4.78 is 97.6. The van der Waals surface area contributed by atoms with E-state index in [2.05, 4.69) is 0 Å². The third kappa shape index (κ3) is 8.39. The van der Waals surface area contributed by atoms with Gasteiger partial charge in [-0.2, -0.15) is 13.2 Å². The summed E-state index contributed by atoms with van der Waals surface area (Å²) in [6.45, 7) is 1.98. The van der Waals surface area contributed by atoms with Crippen LogP contribution in [0.2, 0.25) is 5.02 Å². The van der Waals surface area contributed by atoms with Crippen LogP contribution < -0.4 is 4.74 Å². The van der Waals surface area contributed by atoms with Crippen LogP contribution in [0.15, 0.2) is 59.5 Å². The highest BCUT2D eigenvalue weighted by molar-refractivity contribution is 7.90. The van der Waals surface area contributed by atoms with Crippen LogP contribution in [-0.4, -0.2) is 44.4 Å². The zero-order valence-corrected chi connectivity index (χ0v) is 23.4. The smallest absolute Gasteiger partial charge is 0.417 e. The lowest BCUT2D eigenvalue weighted by Crippen LogP contribution is -2.30. The molecule has 1 atom stereocenters. The fourth-order valence-corrected chi connectivity index (χ4v) is 5.55. The van der Waals surface area contributed by atoms with E-state index in [-0.39, 0.29) is 46.7 Å². The molecule has 0 aromatic heterocycles. The van der Waals surface area contributed by atoms with Crippen molar-refractivity contribution in [3.05, 3.63) is 93.5 Å². The Labute approximate surface area is 235 Å². The molecule has 0 radical (unpaired) electrons. The highest BCUT2D eigenvalue weighted by Crippen LogP contribution is 2.36. The number of sulfone groups is 1. The summed E-state index contributed by atoms with van der Waals surface area (Å²) in [7, 11) is -3.83. The molecule has 3 aromatic rings.